The van der Waals surface area contributed by atoms with E-state index in [1.54, 1.807) is 27.7 Å². The summed E-state index contributed by atoms with van der Waals surface area (Å²) in [6.45, 7) is 0.910. The van der Waals surface area contributed by atoms with E-state index >= 15 is 0 Å². The van der Waals surface area contributed by atoms with Crippen LogP contribution >= 0.6 is 11.6 Å². The number of aromatic nitrogens is 3. The van der Waals surface area contributed by atoms with E-state index in [0.29, 0.717) is 24.3 Å². The van der Waals surface area contributed by atoms with Crippen LogP contribution in [0, 0.1) is 5.82 Å². The standard InChI is InChI=1S/C27H26ClFN4O4/c1-36-17-23-21(27(35)30-13-20-22(28)10-11-24(37-2)26(20)29)16-33(31-23)15-19-8-6-18(7-9-19)14-32-12-4-3-5-25(32)34/h3-12,16H,13-15,17H2,1-2H3,(H,30,35). The lowest BCUT2D eigenvalue weighted by molar-refractivity contribution is 0.0945. The Morgan fingerprint density at radius 3 is 2.46 bits per heavy atom. The summed E-state index contributed by atoms with van der Waals surface area (Å²) in [4.78, 5) is 24.9. The average molecular weight is 525 g/mol. The molecule has 0 aliphatic rings. The highest BCUT2D eigenvalue weighted by Gasteiger charge is 2.19. The van der Waals surface area contributed by atoms with Crippen LogP contribution in [0.3, 0.4) is 0 Å². The molecule has 0 saturated carbocycles. The first-order valence-electron chi connectivity index (χ1n) is 11.5. The van der Waals surface area contributed by atoms with E-state index in [2.05, 4.69) is 10.4 Å². The molecule has 0 spiro atoms. The number of halogens is 2. The molecule has 0 atom stereocenters. The SMILES string of the molecule is COCc1nn(Cc2ccc(Cn3ccccc3=O)cc2)cc1C(=O)NCc1c(Cl)ccc(OC)c1F. The predicted octanol–water partition coefficient (Wildman–Crippen LogP) is 4.02. The van der Waals surface area contributed by atoms with Gasteiger partial charge in [0, 0.05) is 42.7 Å². The highest BCUT2D eigenvalue weighted by Crippen LogP contribution is 2.27. The third-order valence-corrected chi connectivity index (χ3v) is 6.13. The van der Waals surface area contributed by atoms with Gasteiger partial charge in [0.2, 0.25) is 0 Å². The topological polar surface area (TPSA) is 87.4 Å². The number of nitrogens with zero attached hydrogens (tertiary/aromatic N) is 3. The quantitative estimate of drug-likeness (QED) is 0.338. The first-order valence-corrected chi connectivity index (χ1v) is 11.8. The smallest absolute Gasteiger partial charge is 0.255 e. The van der Waals surface area contributed by atoms with Crippen LogP contribution in [0.4, 0.5) is 4.39 Å². The number of carbonyl (C=O) groups is 1. The zero-order valence-corrected chi connectivity index (χ0v) is 21.2. The van der Waals surface area contributed by atoms with Gasteiger partial charge in [0.05, 0.1) is 32.4 Å². The molecule has 0 radical (unpaired) electrons. The van der Waals surface area contributed by atoms with Gasteiger partial charge in [-0.3, -0.25) is 14.3 Å². The van der Waals surface area contributed by atoms with Gasteiger partial charge in [-0.2, -0.15) is 5.10 Å². The number of rotatable bonds is 10. The molecular weight excluding hydrogens is 499 g/mol. The van der Waals surface area contributed by atoms with Gasteiger partial charge in [-0.15, -0.1) is 0 Å². The number of hydrogen-bond acceptors (Lipinski definition) is 5. The number of pyridine rings is 1. The molecule has 0 bridgehead atoms. The first kappa shape index (κ1) is 26.1. The molecule has 0 aliphatic carbocycles. The Bertz CT molecular complexity index is 1450. The molecule has 37 heavy (non-hydrogen) atoms. The normalized spacial score (nSPS) is 10.9. The van der Waals surface area contributed by atoms with Crippen LogP contribution < -0.4 is 15.6 Å². The lowest BCUT2D eigenvalue weighted by atomic mass is 10.1. The molecule has 4 rings (SSSR count). The van der Waals surface area contributed by atoms with Crippen LogP contribution in [-0.4, -0.2) is 34.5 Å². The summed E-state index contributed by atoms with van der Waals surface area (Å²) in [6, 6.07) is 15.8. The Kier molecular flexibility index (Phi) is 8.37. The molecule has 8 nitrogen and oxygen atoms in total. The third kappa shape index (κ3) is 6.25. The lowest BCUT2D eigenvalue weighted by Gasteiger charge is -2.11. The highest BCUT2D eigenvalue weighted by molar-refractivity contribution is 6.31. The van der Waals surface area contributed by atoms with Crippen molar-refractivity contribution in [3.63, 3.8) is 0 Å². The molecule has 4 aromatic rings. The van der Waals surface area contributed by atoms with Crippen molar-refractivity contribution >= 4 is 17.5 Å². The molecule has 192 valence electrons. The Morgan fingerprint density at radius 1 is 1.05 bits per heavy atom. The van der Waals surface area contributed by atoms with Crippen molar-refractivity contribution in [1.82, 2.24) is 19.7 Å². The predicted molar refractivity (Wildman–Crippen MR) is 137 cm³/mol. The molecule has 1 amide bonds. The fourth-order valence-corrected chi connectivity index (χ4v) is 4.07. The van der Waals surface area contributed by atoms with E-state index in [-0.39, 0.29) is 35.0 Å². The number of methoxy groups -OCH3 is 2. The Hall–Kier alpha value is -3.95. The van der Waals surface area contributed by atoms with Crippen LogP contribution in [0.2, 0.25) is 5.02 Å². The van der Waals surface area contributed by atoms with Gasteiger partial charge in [0.25, 0.3) is 11.5 Å². The molecule has 1 N–H and O–H groups in total. The summed E-state index contributed by atoms with van der Waals surface area (Å²) in [5.41, 5.74) is 2.80. The van der Waals surface area contributed by atoms with E-state index < -0.39 is 11.7 Å². The minimum Gasteiger partial charge on any atom is -0.494 e. The van der Waals surface area contributed by atoms with Crippen LogP contribution in [-0.2, 0) is 31.0 Å². The molecule has 0 unspecified atom stereocenters. The fourth-order valence-electron chi connectivity index (χ4n) is 3.86. The number of carbonyl (C=O) groups excluding carboxylic acids is 1. The molecular formula is C27H26ClFN4O4. The average Bonchev–Trinajstić information content (AvgIpc) is 3.29. The molecule has 2 aromatic carbocycles. The highest BCUT2D eigenvalue weighted by atomic mass is 35.5. The molecule has 2 aromatic heterocycles. The van der Waals surface area contributed by atoms with E-state index in [9.17, 15) is 14.0 Å². The number of hydrogen-bond donors (Lipinski definition) is 1. The summed E-state index contributed by atoms with van der Waals surface area (Å²) in [5.74, 6) is -1.01. The van der Waals surface area contributed by atoms with Crippen LogP contribution in [0.15, 0.2) is 71.8 Å². The minimum absolute atomic E-state index is 0.0448. The van der Waals surface area contributed by atoms with Gasteiger partial charge < -0.3 is 19.4 Å². The minimum atomic E-state index is -0.622. The van der Waals surface area contributed by atoms with Crippen molar-refractivity contribution in [2.75, 3.05) is 14.2 Å². The van der Waals surface area contributed by atoms with Gasteiger partial charge in [0.15, 0.2) is 11.6 Å². The first-order chi connectivity index (χ1) is 17.9. The third-order valence-electron chi connectivity index (χ3n) is 5.78. The second kappa shape index (κ2) is 11.9. The van der Waals surface area contributed by atoms with Crippen molar-refractivity contribution < 1.29 is 18.7 Å². The van der Waals surface area contributed by atoms with E-state index in [1.807, 2.05) is 30.3 Å². The zero-order chi connectivity index (χ0) is 26.4. The summed E-state index contributed by atoms with van der Waals surface area (Å²) >= 11 is 6.13. The molecule has 10 heteroatoms. The van der Waals surface area contributed by atoms with Gasteiger partial charge in [0.1, 0.15) is 5.69 Å². The van der Waals surface area contributed by atoms with E-state index in [1.165, 1.54) is 32.4 Å². The number of ether oxygens (including phenoxy) is 2. The Balaban J connectivity index is 1.46. The zero-order valence-electron chi connectivity index (χ0n) is 20.4. The van der Waals surface area contributed by atoms with Crippen LogP contribution in [0.25, 0.3) is 0 Å². The Labute approximate surface area is 218 Å². The monoisotopic (exact) mass is 524 g/mol. The second-order valence-electron chi connectivity index (χ2n) is 8.33. The summed E-state index contributed by atoms with van der Waals surface area (Å²) in [5, 5.41) is 7.39. The van der Waals surface area contributed by atoms with Gasteiger partial charge >= 0.3 is 0 Å². The summed E-state index contributed by atoms with van der Waals surface area (Å²) < 4.78 is 28.1. The van der Waals surface area contributed by atoms with Crippen LogP contribution in [0.1, 0.15) is 32.7 Å². The number of benzene rings is 2. The van der Waals surface area contributed by atoms with Gasteiger partial charge in [-0.05, 0) is 29.3 Å². The van der Waals surface area contributed by atoms with Crippen molar-refractivity contribution in [3.8, 4) is 5.75 Å². The molecule has 0 aliphatic heterocycles. The Morgan fingerprint density at radius 2 is 1.78 bits per heavy atom. The summed E-state index contributed by atoms with van der Waals surface area (Å²) in [6.07, 6.45) is 3.38. The molecule has 0 fully saturated rings. The van der Waals surface area contributed by atoms with E-state index in [0.717, 1.165) is 11.1 Å². The van der Waals surface area contributed by atoms with E-state index in [4.69, 9.17) is 21.1 Å². The lowest BCUT2D eigenvalue weighted by Crippen LogP contribution is -2.24. The molecule has 0 saturated heterocycles. The number of nitrogens with one attached hydrogen (secondary N) is 1. The largest absolute Gasteiger partial charge is 0.494 e. The fraction of sp³-hybridized carbons (Fsp3) is 0.222. The van der Waals surface area contributed by atoms with Gasteiger partial charge in [-0.25, -0.2) is 4.39 Å². The molecule has 2 heterocycles. The van der Waals surface area contributed by atoms with Gasteiger partial charge in [-0.1, -0.05) is 41.9 Å². The van der Waals surface area contributed by atoms with Crippen LogP contribution in [0.5, 0.6) is 5.75 Å². The summed E-state index contributed by atoms with van der Waals surface area (Å²) in [7, 11) is 2.88. The van der Waals surface area contributed by atoms with Crippen molar-refractivity contribution in [2.45, 2.75) is 26.2 Å². The maximum absolute atomic E-state index is 14.6. The van der Waals surface area contributed by atoms with Crippen molar-refractivity contribution in [2.24, 2.45) is 0 Å². The maximum atomic E-state index is 14.6. The maximum Gasteiger partial charge on any atom is 0.255 e. The van der Waals surface area contributed by atoms with Crippen molar-refractivity contribution in [1.29, 1.82) is 0 Å². The van der Waals surface area contributed by atoms with Crippen molar-refractivity contribution in [3.05, 3.63) is 116 Å². The second-order valence-corrected chi connectivity index (χ2v) is 8.74. The number of amides is 1.